The zero-order chi connectivity index (χ0) is 14.6. The maximum Gasteiger partial charge on any atom is 0.260 e. The molecule has 4 nitrogen and oxygen atoms in total. The average molecular weight is 329 g/mol. The van der Waals surface area contributed by atoms with Crippen LogP contribution in [0.1, 0.15) is 39.3 Å². The summed E-state index contributed by atoms with van der Waals surface area (Å²) in [6, 6.07) is 5.53. The van der Waals surface area contributed by atoms with Crippen molar-refractivity contribution in [1.29, 1.82) is 0 Å². The minimum Gasteiger partial charge on any atom is -0.481 e. The predicted molar refractivity (Wildman–Crippen MR) is 80.1 cm³/mol. The van der Waals surface area contributed by atoms with Crippen molar-refractivity contribution in [3.05, 3.63) is 28.2 Å². The number of rotatable bonds is 5. The van der Waals surface area contributed by atoms with E-state index in [4.69, 9.17) is 10.5 Å². The Morgan fingerprint density at radius 3 is 2.47 bits per heavy atom. The van der Waals surface area contributed by atoms with E-state index in [9.17, 15) is 4.79 Å². The van der Waals surface area contributed by atoms with Gasteiger partial charge >= 0.3 is 0 Å². The molecular weight excluding hydrogens is 308 g/mol. The predicted octanol–water partition coefficient (Wildman–Crippen LogP) is 2.76. The van der Waals surface area contributed by atoms with Crippen molar-refractivity contribution < 1.29 is 9.53 Å². The van der Waals surface area contributed by atoms with E-state index in [1.165, 1.54) is 0 Å². The molecule has 1 unspecified atom stereocenters. The molecule has 0 bridgehead atoms. The van der Waals surface area contributed by atoms with Gasteiger partial charge < -0.3 is 15.8 Å². The third kappa shape index (κ3) is 4.84. The number of carbonyl (C=O) groups excluding carboxylic acids is 1. The molecule has 0 saturated carbocycles. The third-order valence-corrected chi connectivity index (χ3v) is 3.06. The molecule has 1 aromatic rings. The van der Waals surface area contributed by atoms with Crippen molar-refractivity contribution in [1.82, 2.24) is 5.32 Å². The molecule has 0 saturated heterocycles. The summed E-state index contributed by atoms with van der Waals surface area (Å²) in [6.45, 7) is 7.44. The number of carbonyl (C=O) groups is 1. The van der Waals surface area contributed by atoms with Gasteiger partial charge in [-0.05, 0) is 45.9 Å². The van der Waals surface area contributed by atoms with Gasteiger partial charge in [-0.15, -0.1) is 0 Å². The Labute approximate surface area is 122 Å². The molecule has 3 N–H and O–H groups in total. The zero-order valence-electron chi connectivity index (χ0n) is 11.7. The van der Waals surface area contributed by atoms with Crippen molar-refractivity contribution in [2.75, 3.05) is 0 Å². The van der Waals surface area contributed by atoms with Gasteiger partial charge in [0.15, 0.2) is 6.10 Å². The van der Waals surface area contributed by atoms with Gasteiger partial charge in [0.1, 0.15) is 5.75 Å². The van der Waals surface area contributed by atoms with Gasteiger partial charge in [-0.25, -0.2) is 0 Å². The summed E-state index contributed by atoms with van der Waals surface area (Å²) >= 11 is 3.40. The first-order valence-corrected chi connectivity index (χ1v) is 7.12. The highest BCUT2D eigenvalue weighted by Gasteiger charge is 2.18. The lowest BCUT2D eigenvalue weighted by molar-refractivity contribution is -0.127. The minimum atomic E-state index is -0.555. The van der Waals surface area contributed by atoms with E-state index in [-0.39, 0.29) is 18.0 Å². The first kappa shape index (κ1) is 16.0. The van der Waals surface area contributed by atoms with Gasteiger partial charge in [0.2, 0.25) is 0 Å². The monoisotopic (exact) mass is 328 g/mol. The quantitative estimate of drug-likeness (QED) is 0.873. The van der Waals surface area contributed by atoms with Crippen LogP contribution in [0.15, 0.2) is 22.7 Å². The van der Waals surface area contributed by atoms with Crippen LogP contribution >= 0.6 is 15.9 Å². The van der Waals surface area contributed by atoms with E-state index in [0.717, 1.165) is 10.0 Å². The first-order valence-electron chi connectivity index (χ1n) is 6.33. The number of ether oxygens (including phenoxy) is 1. The second-order valence-electron chi connectivity index (χ2n) is 4.89. The van der Waals surface area contributed by atoms with Crippen molar-refractivity contribution in [3.8, 4) is 5.75 Å². The highest BCUT2D eigenvalue weighted by Crippen LogP contribution is 2.28. The lowest BCUT2D eigenvalue weighted by Gasteiger charge is -2.20. The van der Waals surface area contributed by atoms with Crippen molar-refractivity contribution >= 4 is 21.8 Å². The van der Waals surface area contributed by atoms with Gasteiger partial charge in [0.05, 0.1) is 0 Å². The Hall–Kier alpha value is -1.07. The Bertz CT molecular complexity index is 447. The summed E-state index contributed by atoms with van der Waals surface area (Å²) in [7, 11) is 0. The molecule has 0 aliphatic heterocycles. The summed E-state index contributed by atoms with van der Waals surface area (Å²) < 4.78 is 6.65. The van der Waals surface area contributed by atoms with Gasteiger partial charge in [-0.3, -0.25) is 4.79 Å². The van der Waals surface area contributed by atoms with E-state index in [2.05, 4.69) is 21.2 Å². The summed E-state index contributed by atoms with van der Waals surface area (Å²) in [5.41, 5.74) is 6.79. The van der Waals surface area contributed by atoms with Crippen LogP contribution in [-0.4, -0.2) is 18.1 Å². The molecule has 0 aliphatic carbocycles. The molecule has 5 heteroatoms. The smallest absolute Gasteiger partial charge is 0.260 e. The second-order valence-corrected chi connectivity index (χ2v) is 5.81. The second kappa shape index (κ2) is 6.91. The largest absolute Gasteiger partial charge is 0.481 e. The summed E-state index contributed by atoms with van der Waals surface area (Å²) in [6.07, 6.45) is -0.555. The summed E-state index contributed by atoms with van der Waals surface area (Å²) in [5.74, 6) is 0.512. The molecular formula is C14H21BrN2O2. The van der Waals surface area contributed by atoms with Crippen LogP contribution in [0.4, 0.5) is 0 Å². The van der Waals surface area contributed by atoms with Gasteiger partial charge in [-0.2, -0.15) is 0 Å². The molecule has 0 spiro atoms. The number of halogens is 1. The molecule has 106 valence electrons. The Morgan fingerprint density at radius 2 is 1.95 bits per heavy atom. The van der Waals surface area contributed by atoms with Crippen LogP contribution < -0.4 is 15.8 Å². The van der Waals surface area contributed by atoms with E-state index < -0.39 is 6.10 Å². The van der Waals surface area contributed by atoms with Crippen LogP contribution in [0.5, 0.6) is 5.75 Å². The Morgan fingerprint density at radius 1 is 1.32 bits per heavy atom. The van der Waals surface area contributed by atoms with E-state index in [1.54, 1.807) is 6.92 Å². The summed E-state index contributed by atoms with van der Waals surface area (Å²) in [4.78, 5) is 11.8. The maximum absolute atomic E-state index is 11.8. The van der Waals surface area contributed by atoms with E-state index in [0.29, 0.717) is 5.75 Å². The minimum absolute atomic E-state index is 0.0939. The number of hydrogen-bond acceptors (Lipinski definition) is 3. The molecule has 1 rings (SSSR count). The molecule has 2 atom stereocenters. The number of nitrogens with one attached hydrogen (secondary N) is 1. The maximum atomic E-state index is 11.8. The zero-order valence-corrected chi connectivity index (χ0v) is 13.3. The third-order valence-electron chi connectivity index (χ3n) is 2.57. The fraction of sp³-hybridized carbons (Fsp3) is 0.500. The molecule has 19 heavy (non-hydrogen) atoms. The number of benzene rings is 1. The van der Waals surface area contributed by atoms with Crippen molar-refractivity contribution in [3.63, 3.8) is 0 Å². The molecule has 0 fully saturated rings. The standard InChI is InChI=1S/C14H21BrN2O2/c1-8(2)17-14(18)10(4)19-13-6-5-11(15)7-12(13)9(3)16/h5-10H,16H2,1-4H3,(H,17,18)/t9-,10?/m1/s1. The average Bonchev–Trinajstić information content (AvgIpc) is 2.30. The Kier molecular flexibility index (Phi) is 5.82. The molecule has 0 aliphatic rings. The van der Waals surface area contributed by atoms with E-state index in [1.807, 2.05) is 39.0 Å². The Balaban J connectivity index is 2.84. The lowest BCUT2D eigenvalue weighted by Crippen LogP contribution is -2.40. The van der Waals surface area contributed by atoms with Crippen LogP contribution in [0.2, 0.25) is 0 Å². The molecule has 0 aromatic heterocycles. The van der Waals surface area contributed by atoms with Gasteiger partial charge in [-0.1, -0.05) is 15.9 Å². The van der Waals surface area contributed by atoms with Gasteiger partial charge in [0, 0.05) is 22.1 Å². The highest BCUT2D eigenvalue weighted by molar-refractivity contribution is 9.10. The van der Waals surface area contributed by atoms with Gasteiger partial charge in [0.25, 0.3) is 5.91 Å². The lowest BCUT2D eigenvalue weighted by atomic mass is 10.1. The number of amides is 1. The SMILES string of the molecule is CC(C)NC(=O)C(C)Oc1ccc(Br)cc1[C@@H](C)N. The first-order chi connectivity index (χ1) is 8.81. The van der Waals surface area contributed by atoms with Crippen LogP contribution in [0, 0.1) is 0 Å². The topological polar surface area (TPSA) is 64.3 Å². The fourth-order valence-corrected chi connectivity index (χ4v) is 2.01. The number of hydrogen-bond donors (Lipinski definition) is 2. The van der Waals surface area contributed by atoms with Crippen molar-refractivity contribution in [2.45, 2.75) is 45.9 Å². The van der Waals surface area contributed by atoms with Crippen molar-refractivity contribution in [2.24, 2.45) is 5.73 Å². The van der Waals surface area contributed by atoms with Crippen LogP contribution in [0.25, 0.3) is 0 Å². The molecule has 1 amide bonds. The fourth-order valence-electron chi connectivity index (χ4n) is 1.63. The summed E-state index contributed by atoms with van der Waals surface area (Å²) in [5, 5.41) is 2.82. The normalized spacial score (nSPS) is 14.1. The highest BCUT2D eigenvalue weighted by atomic mass is 79.9. The van der Waals surface area contributed by atoms with Crippen LogP contribution in [-0.2, 0) is 4.79 Å². The molecule has 0 radical (unpaired) electrons. The van der Waals surface area contributed by atoms with Crippen LogP contribution in [0.3, 0.4) is 0 Å². The number of nitrogens with two attached hydrogens (primary N) is 1. The van der Waals surface area contributed by atoms with E-state index >= 15 is 0 Å². The molecule has 0 heterocycles. The molecule has 1 aromatic carbocycles.